The minimum Gasteiger partial charge on any atom is -0.465 e. The molecule has 2 amide bonds. The Balaban J connectivity index is 2.28. The van der Waals surface area contributed by atoms with Crippen molar-refractivity contribution in [2.45, 2.75) is 25.8 Å². The molecular weight excluding hydrogens is 220 g/mol. The second kappa shape index (κ2) is 4.45. The number of anilines is 1. The number of nitrogens with one attached hydrogen (secondary N) is 2. The van der Waals surface area contributed by atoms with Gasteiger partial charge in [0, 0.05) is 18.2 Å². The number of benzene rings is 1. The molecule has 90 valence electrons. The van der Waals surface area contributed by atoms with Gasteiger partial charge in [0.25, 0.3) is 0 Å². The Bertz CT molecular complexity index is 471. The molecule has 0 fully saturated rings. The zero-order valence-electron chi connectivity index (χ0n) is 9.49. The van der Waals surface area contributed by atoms with E-state index in [4.69, 9.17) is 5.11 Å². The zero-order chi connectivity index (χ0) is 12.4. The topological polar surface area (TPSA) is 78.4 Å². The first-order valence-corrected chi connectivity index (χ1v) is 5.43. The second-order valence-corrected chi connectivity index (χ2v) is 4.26. The predicted octanol–water partition coefficient (Wildman–Crippen LogP) is 1.52. The van der Waals surface area contributed by atoms with Gasteiger partial charge in [-0.25, -0.2) is 4.79 Å². The summed E-state index contributed by atoms with van der Waals surface area (Å²) < 4.78 is 0. The lowest BCUT2D eigenvalue weighted by Gasteiger charge is -2.13. The van der Waals surface area contributed by atoms with E-state index in [1.54, 1.807) is 0 Å². The van der Waals surface area contributed by atoms with E-state index in [0.29, 0.717) is 6.42 Å². The molecule has 0 saturated heterocycles. The highest BCUT2D eigenvalue weighted by molar-refractivity contribution is 5.93. The van der Waals surface area contributed by atoms with Gasteiger partial charge in [-0.15, -0.1) is 0 Å². The number of hydrogen-bond acceptors (Lipinski definition) is 2. The van der Waals surface area contributed by atoms with Crippen LogP contribution in [-0.2, 0) is 11.2 Å². The molecule has 5 nitrogen and oxygen atoms in total. The Morgan fingerprint density at radius 2 is 2.24 bits per heavy atom. The van der Waals surface area contributed by atoms with Crippen LogP contribution >= 0.6 is 0 Å². The van der Waals surface area contributed by atoms with Gasteiger partial charge in [-0.05, 0) is 25.0 Å². The summed E-state index contributed by atoms with van der Waals surface area (Å²) in [5, 5.41) is 13.9. The quantitative estimate of drug-likeness (QED) is 0.689. The Morgan fingerprint density at radius 3 is 2.94 bits per heavy atom. The molecule has 5 heteroatoms. The molecule has 0 spiro atoms. The van der Waals surface area contributed by atoms with Crippen LogP contribution < -0.4 is 10.6 Å². The third-order valence-corrected chi connectivity index (χ3v) is 2.76. The smallest absolute Gasteiger partial charge is 0.404 e. The van der Waals surface area contributed by atoms with Crippen LogP contribution in [0.15, 0.2) is 18.2 Å². The summed E-state index contributed by atoms with van der Waals surface area (Å²) >= 11 is 0. The Hall–Kier alpha value is -2.04. The van der Waals surface area contributed by atoms with E-state index >= 15 is 0 Å². The number of amides is 2. The lowest BCUT2D eigenvalue weighted by atomic mass is 10.0. The molecule has 1 unspecified atom stereocenters. The van der Waals surface area contributed by atoms with Gasteiger partial charge in [-0.2, -0.15) is 0 Å². The van der Waals surface area contributed by atoms with E-state index in [1.165, 1.54) is 0 Å². The summed E-state index contributed by atoms with van der Waals surface area (Å²) in [6, 6.07) is 5.38. The highest BCUT2D eigenvalue weighted by Crippen LogP contribution is 2.23. The molecule has 0 bridgehead atoms. The van der Waals surface area contributed by atoms with Gasteiger partial charge in [0.1, 0.15) is 0 Å². The number of carbonyl (C=O) groups is 2. The van der Waals surface area contributed by atoms with E-state index in [0.717, 1.165) is 16.8 Å². The molecule has 0 saturated carbocycles. The number of fused-ring (bicyclic) bond motifs is 1. The molecule has 0 aliphatic carbocycles. The van der Waals surface area contributed by atoms with Crippen molar-refractivity contribution in [1.82, 2.24) is 5.32 Å². The van der Waals surface area contributed by atoms with Gasteiger partial charge in [0.05, 0.1) is 0 Å². The minimum absolute atomic E-state index is 0.161. The second-order valence-electron chi connectivity index (χ2n) is 4.26. The van der Waals surface area contributed by atoms with Crippen LogP contribution in [0.5, 0.6) is 0 Å². The predicted molar refractivity (Wildman–Crippen MR) is 63.1 cm³/mol. The number of aryl methyl sites for hydroxylation is 1. The molecule has 0 aromatic heterocycles. The van der Waals surface area contributed by atoms with E-state index in [-0.39, 0.29) is 18.4 Å². The molecule has 1 aliphatic rings. The average Bonchev–Trinajstić information content (AvgIpc) is 2.34. The largest absolute Gasteiger partial charge is 0.465 e. The molecule has 17 heavy (non-hydrogen) atoms. The number of hydrogen-bond donors (Lipinski definition) is 3. The van der Waals surface area contributed by atoms with Crippen molar-refractivity contribution in [3.05, 3.63) is 29.3 Å². The molecular formula is C12H14N2O3. The van der Waals surface area contributed by atoms with Crippen molar-refractivity contribution in [2.24, 2.45) is 0 Å². The van der Waals surface area contributed by atoms with Crippen molar-refractivity contribution in [2.75, 3.05) is 5.32 Å². The molecule has 0 radical (unpaired) electrons. The van der Waals surface area contributed by atoms with Gasteiger partial charge in [0.15, 0.2) is 0 Å². The third-order valence-electron chi connectivity index (χ3n) is 2.76. The maximum absolute atomic E-state index is 11.6. The highest BCUT2D eigenvalue weighted by atomic mass is 16.4. The maximum atomic E-state index is 11.6. The van der Waals surface area contributed by atoms with Crippen LogP contribution in [0.4, 0.5) is 10.5 Å². The van der Waals surface area contributed by atoms with Crippen LogP contribution in [0.3, 0.4) is 0 Å². The summed E-state index contributed by atoms with van der Waals surface area (Å²) in [4.78, 5) is 22.2. The monoisotopic (exact) mass is 234 g/mol. The Kier molecular flexibility index (Phi) is 2.99. The van der Waals surface area contributed by atoms with E-state index in [9.17, 15) is 9.59 Å². The fourth-order valence-corrected chi connectivity index (χ4v) is 2.05. The molecule has 2 rings (SSSR count). The summed E-state index contributed by atoms with van der Waals surface area (Å²) in [6.45, 7) is 1.96. The fourth-order valence-electron chi connectivity index (χ4n) is 2.05. The zero-order valence-corrected chi connectivity index (χ0v) is 9.49. The maximum Gasteiger partial charge on any atom is 0.404 e. The van der Waals surface area contributed by atoms with Crippen molar-refractivity contribution >= 4 is 17.7 Å². The third kappa shape index (κ3) is 2.75. The van der Waals surface area contributed by atoms with Crippen LogP contribution in [0, 0.1) is 6.92 Å². The van der Waals surface area contributed by atoms with Crippen molar-refractivity contribution in [1.29, 1.82) is 0 Å². The molecule has 1 atom stereocenters. The van der Waals surface area contributed by atoms with Crippen molar-refractivity contribution < 1.29 is 14.7 Å². The summed E-state index contributed by atoms with van der Waals surface area (Å²) in [5.74, 6) is -0.161. The first kappa shape index (κ1) is 11.4. The van der Waals surface area contributed by atoms with E-state index < -0.39 is 6.09 Å². The molecule has 1 aromatic carbocycles. The van der Waals surface area contributed by atoms with Crippen LogP contribution in [-0.4, -0.2) is 23.1 Å². The summed E-state index contributed by atoms with van der Waals surface area (Å²) in [6.07, 6.45) is -0.402. The lowest BCUT2D eigenvalue weighted by Crippen LogP contribution is -2.36. The SMILES string of the molecule is Cc1ccc2c(c1)CC(NC(=O)O)CC(=O)N2. The first-order chi connectivity index (χ1) is 8.04. The first-order valence-electron chi connectivity index (χ1n) is 5.43. The van der Waals surface area contributed by atoms with Gasteiger partial charge in [-0.1, -0.05) is 17.7 Å². The summed E-state index contributed by atoms with van der Waals surface area (Å²) in [7, 11) is 0. The van der Waals surface area contributed by atoms with E-state index in [2.05, 4.69) is 10.6 Å². The van der Waals surface area contributed by atoms with Gasteiger partial charge in [-0.3, -0.25) is 4.79 Å². The standard InChI is InChI=1S/C12H14N2O3/c1-7-2-3-10-8(4-7)5-9(13-12(16)17)6-11(15)14-10/h2-4,9,13H,5-6H2,1H3,(H,14,15)(H,16,17). The van der Waals surface area contributed by atoms with E-state index in [1.807, 2.05) is 25.1 Å². The van der Waals surface area contributed by atoms with Gasteiger partial charge in [0.2, 0.25) is 5.91 Å². The molecule has 1 heterocycles. The van der Waals surface area contributed by atoms with Gasteiger partial charge < -0.3 is 15.7 Å². The van der Waals surface area contributed by atoms with Crippen LogP contribution in [0.1, 0.15) is 17.5 Å². The summed E-state index contributed by atoms with van der Waals surface area (Å²) in [5.41, 5.74) is 2.83. The lowest BCUT2D eigenvalue weighted by molar-refractivity contribution is -0.116. The Morgan fingerprint density at radius 1 is 1.47 bits per heavy atom. The van der Waals surface area contributed by atoms with Crippen LogP contribution in [0.25, 0.3) is 0 Å². The fraction of sp³-hybridized carbons (Fsp3) is 0.333. The number of rotatable bonds is 1. The van der Waals surface area contributed by atoms with Gasteiger partial charge >= 0.3 is 6.09 Å². The molecule has 3 N–H and O–H groups in total. The highest BCUT2D eigenvalue weighted by Gasteiger charge is 2.22. The molecule has 1 aliphatic heterocycles. The number of carbonyl (C=O) groups excluding carboxylic acids is 1. The van der Waals surface area contributed by atoms with Crippen molar-refractivity contribution in [3.8, 4) is 0 Å². The molecule has 1 aromatic rings. The minimum atomic E-state index is -1.10. The van der Waals surface area contributed by atoms with Crippen LogP contribution in [0.2, 0.25) is 0 Å². The Labute approximate surface area is 98.8 Å². The number of carboxylic acid groups (broad SMARTS) is 1. The van der Waals surface area contributed by atoms with Crippen molar-refractivity contribution in [3.63, 3.8) is 0 Å². The normalized spacial score (nSPS) is 18.9. The average molecular weight is 234 g/mol.